The molecule has 0 fully saturated rings. The summed E-state index contributed by atoms with van der Waals surface area (Å²) in [5, 5.41) is 12.3. The molecule has 0 saturated carbocycles. The Morgan fingerprint density at radius 2 is 1.82 bits per heavy atom. The maximum atomic E-state index is 11.8. The second kappa shape index (κ2) is 4.81. The molecule has 0 bridgehead atoms. The molecule has 0 heterocycles. The van der Waals surface area contributed by atoms with Gasteiger partial charge in [0.25, 0.3) is 5.69 Å². The maximum Gasteiger partial charge on any atom is 0.397 e. The Bertz CT molecular complexity index is 428. The van der Waals surface area contributed by atoms with E-state index in [-0.39, 0.29) is 11.4 Å². The molecule has 1 amide bonds. The Labute approximate surface area is 93.4 Å². The molecule has 0 aliphatic heterocycles. The number of non-ortho nitro benzene ring substituents is 1. The van der Waals surface area contributed by atoms with Gasteiger partial charge in [0.1, 0.15) is 6.42 Å². The second-order valence-corrected chi connectivity index (χ2v) is 3.14. The summed E-state index contributed by atoms with van der Waals surface area (Å²) in [6.07, 6.45) is -6.17. The largest absolute Gasteiger partial charge is 0.397 e. The molecule has 8 heteroatoms. The highest BCUT2D eigenvalue weighted by Gasteiger charge is 2.31. The first-order valence-corrected chi connectivity index (χ1v) is 4.39. The highest BCUT2D eigenvalue weighted by molar-refractivity contribution is 5.91. The molecule has 1 aromatic rings. The summed E-state index contributed by atoms with van der Waals surface area (Å²) in [4.78, 5) is 20.5. The molecular weight excluding hydrogens is 241 g/mol. The fraction of sp³-hybridized carbons (Fsp3) is 0.222. The molecule has 5 nitrogen and oxygen atoms in total. The molecule has 92 valence electrons. The van der Waals surface area contributed by atoms with Crippen LogP contribution in [0.3, 0.4) is 0 Å². The van der Waals surface area contributed by atoms with Crippen LogP contribution in [0.25, 0.3) is 0 Å². The van der Waals surface area contributed by atoms with Gasteiger partial charge in [-0.15, -0.1) is 0 Å². The van der Waals surface area contributed by atoms with Crippen molar-refractivity contribution in [3.8, 4) is 0 Å². The van der Waals surface area contributed by atoms with Crippen molar-refractivity contribution in [2.24, 2.45) is 0 Å². The minimum absolute atomic E-state index is 0.0739. The summed E-state index contributed by atoms with van der Waals surface area (Å²) >= 11 is 0. The number of carbonyl (C=O) groups excluding carboxylic acids is 1. The van der Waals surface area contributed by atoms with Crippen LogP contribution < -0.4 is 5.32 Å². The van der Waals surface area contributed by atoms with Crippen LogP contribution in [0.2, 0.25) is 0 Å². The van der Waals surface area contributed by atoms with Crippen LogP contribution in [0.15, 0.2) is 24.3 Å². The SMILES string of the molecule is O=C(CC(F)(F)F)Nc1ccc([N+](=O)[O-])cc1. The van der Waals surface area contributed by atoms with Crippen LogP contribution >= 0.6 is 0 Å². The van der Waals surface area contributed by atoms with Gasteiger partial charge in [-0.25, -0.2) is 0 Å². The molecule has 0 spiro atoms. The standard InChI is InChI=1S/C9H7F3N2O3/c10-9(11,12)5-8(15)13-6-1-3-7(4-2-6)14(16)17/h1-4H,5H2,(H,13,15). The van der Waals surface area contributed by atoms with E-state index < -0.39 is 23.4 Å². The lowest BCUT2D eigenvalue weighted by Gasteiger charge is -2.07. The Kier molecular flexibility index (Phi) is 3.66. The Balaban J connectivity index is 2.64. The molecule has 0 aliphatic carbocycles. The van der Waals surface area contributed by atoms with E-state index in [2.05, 4.69) is 0 Å². The van der Waals surface area contributed by atoms with Crippen molar-refractivity contribution in [1.82, 2.24) is 0 Å². The normalized spacial score (nSPS) is 11.0. The Hall–Kier alpha value is -2.12. The van der Waals surface area contributed by atoms with E-state index in [0.717, 1.165) is 24.3 Å². The smallest absolute Gasteiger partial charge is 0.326 e. The van der Waals surface area contributed by atoms with E-state index in [9.17, 15) is 28.1 Å². The number of alkyl halides is 3. The molecule has 1 aromatic carbocycles. The van der Waals surface area contributed by atoms with Crippen LogP contribution in [-0.4, -0.2) is 17.0 Å². The van der Waals surface area contributed by atoms with Crippen LogP contribution in [0.4, 0.5) is 24.5 Å². The number of hydrogen-bond acceptors (Lipinski definition) is 3. The van der Waals surface area contributed by atoms with E-state index in [1.165, 1.54) is 0 Å². The number of rotatable bonds is 3. The number of nitrogens with one attached hydrogen (secondary N) is 1. The van der Waals surface area contributed by atoms with Crippen molar-refractivity contribution >= 4 is 17.3 Å². The number of nitro benzene ring substituents is 1. The molecule has 0 atom stereocenters. The molecule has 0 aliphatic rings. The number of hydrogen-bond donors (Lipinski definition) is 1. The lowest BCUT2D eigenvalue weighted by Crippen LogP contribution is -2.21. The number of benzene rings is 1. The van der Waals surface area contributed by atoms with Gasteiger partial charge in [0.2, 0.25) is 5.91 Å². The van der Waals surface area contributed by atoms with Gasteiger partial charge < -0.3 is 5.32 Å². The topological polar surface area (TPSA) is 72.2 Å². The lowest BCUT2D eigenvalue weighted by molar-refractivity contribution is -0.384. The zero-order valence-corrected chi connectivity index (χ0v) is 8.32. The second-order valence-electron chi connectivity index (χ2n) is 3.14. The molecule has 1 N–H and O–H groups in total. The van der Waals surface area contributed by atoms with Crippen molar-refractivity contribution in [3.05, 3.63) is 34.4 Å². The van der Waals surface area contributed by atoms with E-state index in [1.54, 1.807) is 0 Å². The Morgan fingerprint density at radius 1 is 1.29 bits per heavy atom. The van der Waals surface area contributed by atoms with Gasteiger partial charge in [0.05, 0.1) is 4.92 Å². The third-order valence-corrected chi connectivity index (χ3v) is 1.72. The molecule has 0 radical (unpaired) electrons. The quantitative estimate of drug-likeness (QED) is 0.659. The van der Waals surface area contributed by atoms with E-state index >= 15 is 0 Å². The highest BCUT2D eigenvalue weighted by atomic mass is 19.4. The molecule has 0 unspecified atom stereocenters. The predicted molar refractivity (Wildman–Crippen MR) is 52.4 cm³/mol. The van der Waals surface area contributed by atoms with Crippen LogP contribution in [0.1, 0.15) is 6.42 Å². The van der Waals surface area contributed by atoms with Crippen LogP contribution in [0.5, 0.6) is 0 Å². The first kappa shape index (κ1) is 12.9. The summed E-state index contributed by atoms with van der Waals surface area (Å²) < 4.78 is 35.5. The van der Waals surface area contributed by atoms with Gasteiger partial charge in [-0.05, 0) is 12.1 Å². The van der Waals surface area contributed by atoms with E-state index in [4.69, 9.17) is 0 Å². The lowest BCUT2D eigenvalue weighted by atomic mass is 10.2. The number of carbonyl (C=O) groups is 1. The summed E-state index contributed by atoms with van der Waals surface area (Å²) in [5.74, 6) is -1.22. The number of anilines is 1. The molecule has 17 heavy (non-hydrogen) atoms. The first-order valence-electron chi connectivity index (χ1n) is 4.39. The summed E-state index contributed by atoms with van der Waals surface area (Å²) in [6.45, 7) is 0. The minimum atomic E-state index is -4.58. The predicted octanol–water partition coefficient (Wildman–Crippen LogP) is 2.49. The fourth-order valence-corrected chi connectivity index (χ4v) is 1.05. The summed E-state index contributed by atoms with van der Waals surface area (Å²) in [5.41, 5.74) is -0.135. The third-order valence-electron chi connectivity index (χ3n) is 1.72. The number of halogens is 3. The van der Waals surface area contributed by atoms with Crippen molar-refractivity contribution < 1.29 is 22.9 Å². The van der Waals surface area contributed by atoms with Crippen molar-refractivity contribution in [2.75, 3.05) is 5.32 Å². The van der Waals surface area contributed by atoms with Gasteiger partial charge in [-0.2, -0.15) is 13.2 Å². The highest BCUT2D eigenvalue weighted by Crippen LogP contribution is 2.21. The average molecular weight is 248 g/mol. The molecule has 0 saturated heterocycles. The molecule has 1 rings (SSSR count). The minimum Gasteiger partial charge on any atom is -0.326 e. The van der Waals surface area contributed by atoms with E-state index in [1.807, 2.05) is 5.32 Å². The van der Waals surface area contributed by atoms with Crippen LogP contribution in [0, 0.1) is 10.1 Å². The Morgan fingerprint density at radius 3 is 2.24 bits per heavy atom. The van der Waals surface area contributed by atoms with Crippen LogP contribution in [-0.2, 0) is 4.79 Å². The first-order chi connectivity index (χ1) is 7.78. The van der Waals surface area contributed by atoms with Crippen molar-refractivity contribution in [1.29, 1.82) is 0 Å². The van der Waals surface area contributed by atoms with Crippen molar-refractivity contribution in [3.63, 3.8) is 0 Å². The van der Waals surface area contributed by atoms with Gasteiger partial charge in [-0.1, -0.05) is 0 Å². The molecular formula is C9H7F3N2O3. The summed E-state index contributed by atoms with van der Waals surface area (Å²) in [6, 6.07) is 4.49. The zero-order chi connectivity index (χ0) is 13.1. The van der Waals surface area contributed by atoms with Gasteiger partial charge in [-0.3, -0.25) is 14.9 Å². The van der Waals surface area contributed by atoms with Crippen molar-refractivity contribution in [2.45, 2.75) is 12.6 Å². The fourth-order valence-electron chi connectivity index (χ4n) is 1.05. The van der Waals surface area contributed by atoms with Gasteiger partial charge >= 0.3 is 6.18 Å². The van der Waals surface area contributed by atoms with Gasteiger partial charge in [0.15, 0.2) is 0 Å². The number of amides is 1. The summed E-state index contributed by atoms with van der Waals surface area (Å²) in [7, 11) is 0. The number of nitro groups is 1. The zero-order valence-electron chi connectivity index (χ0n) is 8.32. The van der Waals surface area contributed by atoms with E-state index in [0.29, 0.717) is 0 Å². The monoisotopic (exact) mass is 248 g/mol. The number of nitrogens with zero attached hydrogens (tertiary/aromatic N) is 1. The maximum absolute atomic E-state index is 11.8. The average Bonchev–Trinajstić information content (AvgIpc) is 2.15. The van der Waals surface area contributed by atoms with Gasteiger partial charge in [0, 0.05) is 17.8 Å². The molecule has 0 aromatic heterocycles. The third kappa shape index (κ3) is 4.49.